The number of aromatic nitrogens is 2. The Balaban J connectivity index is 0. The molecule has 1 aromatic heterocycles. The summed E-state index contributed by atoms with van der Waals surface area (Å²) >= 11 is 0. The highest BCUT2D eigenvalue weighted by molar-refractivity contribution is 5.03. The van der Waals surface area contributed by atoms with Crippen molar-refractivity contribution in [1.29, 1.82) is 0 Å². The second-order valence-corrected chi connectivity index (χ2v) is 1.99. The summed E-state index contributed by atoms with van der Waals surface area (Å²) in [7, 11) is 0. The first kappa shape index (κ1) is 12.6. The molecule has 1 heterocycles. The number of H-pyrrole nitrogens is 1. The number of hydrogen-bond donors (Lipinski definition) is 1. The van der Waals surface area contributed by atoms with E-state index in [0.717, 1.165) is 17.9 Å². The number of nitrogens with zero attached hydrogens (tertiary/aromatic N) is 1. The van der Waals surface area contributed by atoms with Crippen molar-refractivity contribution in [3.8, 4) is 0 Å². The van der Waals surface area contributed by atoms with E-state index >= 15 is 0 Å². The van der Waals surface area contributed by atoms with Crippen molar-refractivity contribution in [2.45, 2.75) is 28.2 Å². The van der Waals surface area contributed by atoms with Crippen LogP contribution >= 0.6 is 0 Å². The Hall–Kier alpha value is -1.05. The molecule has 0 aliphatic carbocycles. The summed E-state index contributed by atoms with van der Waals surface area (Å²) in [6.45, 7) is 5.55. The summed E-state index contributed by atoms with van der Waals surface area (Å²) in [6.07, 6.45) is 4.56. The van der Waals surface area contributed by atoms with Gasteiger partial charge in [-0.15, -0.1) is 6.58 Å². The number of allylic oxidation sites excluding steroid dienone is 1. The average Bonchev–Trinajstić information content (AvgIpc) is 2.17. The largest absolute Gasteiger partial charge is 0.346 e. The molecule has 0 unspecified atom stereocenters. The van der Waals surface area contributed by atoms with Gasteiger partial charge >= 0.3 is 0 Å². The summed E-state index contributed by atoms with van der Waals surface area (Å²) in [5.74, 6) is 0.965. The Bertz CT molecular complexity index is 201. The highest BCUT2D eigenvalue weighted by Gasteiger charge is 1.90. The van der Waals surface area contributed by atoms with E-state index in [4.69, 9.17) is 0 Å². The highest BCUT2D eigenvalue weighted by atomic mass is 14.9. The number of hydrogen-bond acceptors (Lipinski definition) is 1. The molecule has 0 radical (unpaired) electrons. The molecule has 11 heavy (non-hydrogen) atoms. The summed E-state index contributed by atoms with van der Waals surface area (Å²) in [5, 5.41) is 0. The molecule has 64 valence electrons. The molecule has 2 heteroatoms. The summed E-state index contributed by atoms with van der Waals surface area (Å²) in [6, 6.07) is 0. The molecule has 0 saturated heterocycles. The van der Waals surface area contributed by atoms with Gasteiger partial charge < -0.3 is 4.98 Å². The van der Waals surface area contributed by atoms with Gasteiger partial charge in [-0.1, -0.05) is 20.9 Å². The van der Waals surface area contributed by atoms with E-state index in [0.29, 0.717) is 0 Å². The Labute approximate surface area is 69.4 Å². The van der Waals surface area contributed by atoms with Crippen LogP contribution < -0.4 is 0 Å². The molecule has 0 aliphatic heterocycles. The summed E-state index contributed by atoms with van der Waals surface area (Å²) < 4.78 is 0. The Morgan fingerprint density at radius 1 is 1.64 bits per heavy atom. The zero-order chi connectivity index (χ0) is 6.69. The molecule has 0 spiro atoms. The lowest BCUT2D eigenvalue weighted by molar-refractivity contribution is 1.09. The quantitative estimate of drug-likeness (QED) is 0.652. The van der Waals surface area contributed by atoms with Gasteiger partial charge in [-0.3, -0.25) is 0 Å². The van der Waals surface area contributed by atoms with Crippen LogP contribution in [-0.2, 0) is 6.42 Å². The fourth-order valence-corrected chi connectivity index (χ4v) is 0.731. The van der Waals surface area contributed by atoms with Gasteiger partial charge in [0.15, 0.2) is 0 Å². The molecule has 2 nitrogen and oxygen atoms in total. The minimum absolute atomic E-state index is 0. The lowest BCUT2D eigenvalue weighted by Gasteiger charge is -1.84. The fourth-order valence-electron chi connectivity index (χ4n) is 0.731. The lowest BCUT2D eigenvalue weighted by Crippen LogP contribution is -1.78. The van der Waals surface area contributed by atoms with Crippen LogP contribution in [0.15, 0.2) is 18.9 Å². The molecule has 0 atom stereocenters. The molecule has 0 aromatic carbocycles. The third-order valence-electron chi connectivity index (χ3n) is 1.12. The maximum absolute atomic E-state index is 4.03. The number of aromatic amines is 1. The number of nitrogens with one attached hydrogen (secondary N) is 1. The van der Waals surface area contributed by atoms with E-state index in [9.17, 15) is 0 Å². The zero-order valence-electron chi connectivity index (χ0n) is 5.52. The monoisotopic (exact) mass is 154 g/mol. The predicted molar refractivity (Wildman–Crippen MR) is 50.7 cm³/mol. The molecule has 1 aromatic rings. The van der Waals surface area contributed by atoms with Crippen LogP contribution in [0.25, 0.3) is 0 Å². The van der Waals surface area contributed by atoms with Crippen LogP contribution in [0, 0.1) is 6.92 Å². The van der Waals surface area contributed by atoms with Crippen molar-refractivity contribution < 1.29 is 0 Å². The third kappa shape index (κ3) is 3.61. The van der Waals surface area contributed by atoms with Crippen LogP contribution in [-0.4, -0.2) is 9.97 Å². The van der Waals surface area contributed by atoms with Gasteiger partial charge in [0.2, 0.25) is 0 Å². The van der Waals surface area contributed by atoms with Gasteiger partial charge in [-0.25, -0.2) is 4.98 Å². The predicted octanol–water partition coefficient (Wildman–Crippen LogP) is 2.72. The van der Waals surface area contributed by atoms with Gasteiger partial charge in [-0.05, 0) is 6.92 Å². The molecule has 0 fully saturated rings. The van der Waals surface area contributed by atoms with Gasteiger partial charge in [0, 0.05) is 18.3 Å². The maximum Gasteiger partial charge on any atom is 0.103 e. The van der Waals surface area contributed by atoms with E-state index in [-0.39, 0.29) is 14.9 Å². The van der Waals surface area contributed by atoms with E-state index in [1.165, 1.54) is 0 Å². The summed E-state index contributed by atoms with van der Waals surface area (Å²) in [4.78, 5) is 7.13. The van der Waals surface area contributed by atoms with Gasteiger partial charge in [0.25, 0.3) is 0 Å². The minimum atomic E-state index is 0. The normalized spacial score (nSPS) is 7.73. The van der Waals surface area contributed by atoms with Crippen molar-refractivity contribution in [2.24, 2.45) is 0 Å². The maximum atomic E-state index is 4.03. The smallest absolute Gasteiger partial charge is 0.103 e. The standard InChI is InChI=1S/C7H10N2.2CH4/c1-3-4-7-5-8-6(2)9-7;;/h3,5H,1,4H2,2H3,(H,8,9);2*1H4. The molecule has 1 N–H and O–H groups in total. The molecule has 1 rings (SSSR count). The van der Waals surface area contributed by atoms with Crippen LogP contribution in [0.4, 0.5) is 0 Å². The van der Waals surface area contributed by atoms with Crippen LogP contribution in [0.5, 0.6) is 0 Å². The molecule has 0 bridgehead atoms. The topological polar surface area (TPSA) is 28.7 Å². The number of aryl methyl sites for hydroxylation is 1. The first-order valence-electron chi connectivity index (χ1n) is 2.94. The lowest BCUT2D eigenvalue weighted by atomic mass is 10.3. The Kier molecular flexibility index (Phi) is 6.55. The number of rotatable bonds is 2. The van der Waals surface area contributed by atoms with Gasteiger partial charge in [0.05, 0.1) is 0 Å². The van der Waals surface area contributed by atoms with Crippen molar-refractivity contribution in [1.82, 2.24) is 9.97 Å². The highest BCUT2D eigenvalue weighted by Crippen LogP contribution is 1.95. The van der Waals surface area contributed by atoms with Crippen molar-refractivity contribution in [2.75, 3.05) is 0 Å². The zero-order valence-corrected chi connectivity index (χ0v) is 5.52. The van der Waals surface area contributed by atoms with E-state index in [1.54, 1.807) is 0 Å². The van der Waals surface area contributed by atoms with Crippen LogP contribution in [0.1, 0.15) is 26.4 Å². The molecule has 0 aliphatic rings. The van der Waals surface area contributed by atoms with Crippen LogP contribution in [0.3, 0.4) is 0 Å². The molecule has 0 amide bonds. The van der Waals surface area contributed by atoms with Crippen LogP contribution in [0.2, 0.25) is 0 Å². The van der Waals surface area contributed by atoms with Crippen molar-refractivity contribution in [3.63, 3.8) is 0 Å². The van der Waals surface area contributed by atoms with Crippen molar-refractivity contribution >= 4 is 0 Å². The Morgan fingerprint density at radius 2 is 2.27 bits per heavy atom. The van der Waals surface area contributed by atoms with E-state index in [1.807, 2.05) is 19.2 Å². The second kappa shape index (κ2) is 5.71. The second-order valence-electron chi connectivity index (χ2n) is 1.99. The first-order valence-corrected chi connectivity index (χ1v) is 2.94. The Morgan fingerprint density at radius 3 is 2.64 bits per heavy atom. The van der Waals surface area contributed by atoms with E-state index in [2.05, 4.69) is 16.5 Å². The fraction of sp³-hybridized carbons (Fsp3) is 0.444. The van der Waals surface area contributed by atoms with Gasteiger partial charge in [-0.2, -0.15) is 0 Å². The molecular formula is C9H18N2. The minimum Gasteiger partial charge on any atom is -0.346 e. The third-order valence-corrected chi connectivity index (χ3v) is 1.12. The SMILES string of the molecule is C.C.C=CCc1cnc(C)[nH]1. The summed E-state index contributed by atoms with van der Waals surface area (Å²) in [5.41, 5.74) is 1.13. The molecular weight excluding hydrogens is 136 g/mol. The average molecular weight is 154 g/mol. The first-order chi connectivity index (χ1) is 4.33. The number of imidazole rings is 1. The molecule has 0 saturated carbocycles. The van der Waals surface area contributed by atoms with E-state index < -0.39 is 0 Å². The van der Waals surface area contributed by atoms with Gasteiger partial charge in [0.1, 0.15) is 5.82 Å². The van der Waals surface area contributed by atoms with Crippen molar-refractivity contribution in [3.05, 3.63) is 30.4 Å².